The fourth-order valence-corrected chi connectivity index (χ4v) is 1.60. The number of nitrogens with zero attached hydrogens (tertiary/aromatic N) is 1. The average Bonchev–Trinajstić information content (AvgIpc) is 2.28. The molecule has 1 aromatic rings. The SMILES string of the molecule is CN(Cc1cccc(N)c1C(=O)O)C(C)(C)CO. The van der Waals surface area contributed by atoms with Crippen molar-refractivity contribution in [2.45, 2.75) is 25.9 Å². The number of rotatable bonds is 5. The molecule has 0 saturated carbocycles. The third-order valence-corrected chi connectivity index (χ3v) is 3.22. The normalized spacial score (nSPS) is 11.8. The molecule has 5 heteroatoms. The number of hydrogen-bond donors (Lipinski definition) is 3. The quantitative estimate of drug-likeness (QED) is 0.685. The second-order valence-electron chi connectivity index (χ2n) is 5.01. The lowest BCUT2D eigenvalue weighted by Crippen LogP contribution is -2.43. The van der Waals surface area contributed by atoms with Gasteiger partial charge in [0.05, 0.1) is 12.2 Å². The van der Waals surface area contributed by atoms with Crippen LogP contribution in [0.2, 0.25) is 0 Å². The number of carboxylic acids is 1. The van der Waals surface area contributed by atoms with Gasteiger partial charge < -0.3 is 15.9 Å². The molecule has 0 fully saturated rings. The van der Waals surface area contributed by atoms with Crippen LogP contribution in [0.5, 0.6) is 0 Å². The first-order chi connectivity index (χ1) is 8.29. The zero-order valence-corrected chi connectivity index (χ0v) is 11.0. The number of benzene rings is 1. The summed E-state index contributed by atoms with van der Waals surface area (Å²) in [6, 6.07) is 5.05. The Morgan fingerprint density at radius 3 is 2.56 bits per heavy atom. The number of aliphatic hydroxyl groups is 1. The molecule has 5 nitrogen and oxygen atoms in total. The Balaban J connectivity index is 3.05. The van der Waals surface area contributed by atoms with E-state index in [9.17, 15) is 15.0 Å². The van der Waals surface area contributed by atoms with Gasteiger partial charge in [-0.3, -0.25) is 4.90 Å². The van der Waals surface area contributed by atoms with Gasteiger partial charge in [-0.05, 0) is 32.5 Å². The summed E-state index contributed by atoms with van der Waals surface area (Å²) >= 11 is 0. The molecule has 0 aliphatic carbocycles. The van der Waals surface area contributed by atoms with E-state index in [1.165, 1.54) is 0 Å². The molecule has 0 aliphatic rings. The Labute approximate surface area is 107 Å². The van der Waals surface area contributed by atoms with Gasteiger partial charge >= 0.3 is 5.97 Å². The minimum absolute atomic E-state index is 0.00573. The molecule has 100 valence electrons. The summed E-state index contributed by atoms with van der Waals surface area (Å²) in [4.78, 5) is 13.1. The fraction of sp³-hybridized carbons (Fsp3) is 0.462. The molecule has 0 aromatic heterocycles. The summed E-state index contributed by atoms with van der Waals surface area (Å²) in [5.41, 5.74) is 6.32. The maximum absolute atomic E-state index is 11.2. The Morgan fingerprint density at radius 2 is 2.06 bits per heavy atom. The van der Waals surface area contributed by atoms with Crippen molar-refractivity contribution >= 4 is 11.7 Å². The molecule has 0 bridgehead atoms. The predicted molar refractivity (Wildman–Crippen MR) is 70.4 cm³/mol. The molecule has 0 heterocycles. The lowest BCUT2D eigenvalue weighted by Gasteiger charge is -2.34. The maximum Gasteiger partial charge on any atom is 0.338 e. The molecule has 0 aliphatic heterocycles. The zero-order valence-electron chi connectivity index (χ0n) is 11.0. The smallest absolute Gasteiger partial charge is 0.338 e. The van der Waals surface area contributed by atoms with Crippen LogP contribution in [0, 0.1) is 0 Å². The standard InChI is InChI=1S/C13H20N2O3/c1-13(2,8-16)15(3)7-9-5-4-6-10(14)11(9)12(17)18/h4-6,16H,7-8,14H2,1-3H3,(H,17,18). The molecule has 0 amide bonds. The predicted octanol–water partition coefficient (Wildman–Crippen LogP) is 1.17. The molecule has 0 spiro atoms. The maximum atomic E-state index is 11.2. The van der Waals surface area contributed by atoms with Gasteiger partial charge in [0.15, 0.2) is 0 Å². The van der Waals surface area contributed by atoms with E-state index in [-0.39, 0.29) is 17.9 Å². The number of nitrogens with two attached hydrogens (primary N) is 1. The van der Waals surface area contributed by atoms with Crippen LogP contribution in [0.25, 0.3) is 0 Å². The molecule has 0 unspecified atom stereocenters. The first-order valence-corrected chi connectivity index (χ1v) is 5.72. The van der Waals surface area contributed by atoms with E-state index in [2.05, 4.69) is 0 Å². The minimum Gasteiger partial charge on any atom is -0.478 e. The molecular weight excluding hydrogens is 232 g/mol. The van der Waals surface area contributed by atoms with Crippen molar-refractivity contribution in [3.8, 4) is 0 Å². The van der Waals surface area contributed by atoms with Crippen LogP contribution < -0.4 is 5.73 Å². The Hall–Kier alpha value is -1.59. The van der Waals surface area contributed by atoms with E-state index >= 15 is 0 Å². The highest BCUT2D eigenvalue weighted by atomic mass is 16.4. The number of aromatic carboxylic acids is 1. The molecule has 18 heavy (non-hydrogen) atoms. The Bertz CT molecular complexity index is 444. The van der Waals surface area contributed by atoms with Gasteiger partial charge in [0.25, 0.3) is 0 Å². The van der Waals surface area contributed by atoms with E-state index in [1.807, 2.05) is 25.8 Å². The molecule has 1 rings (SSSR count). The molecule has 0 atom stereocenters. The Kier molecular flexibility index (Phi) is 4.32. The van der Waals surface area contributed by atoms with Gasteiger partial charge in [-0.2, -0.15) is 0 Å². The van der Waals surface area contributed by atoms with Crippen molar-refractivity contribution in [1.29, 1.82) is 0 Å². The minimum atomic E-state index is -1.03. The summed E-state index contributed by atoms with van der Waals surface area (Å²) in [6.45, 7) is 4.19. The number of nitrogen functional groups attached to an aromatic ring is 1. The van der Waals surface area contributed by atoms with Crippen molar-refractivity contribution in [2.75, 3.05) is 19.4 Å². The van der Waals surface area contributed by atoms with Crippen LogP contribution >= 0.6 is 0 Å². The third-order valence-electron chi connectivity index (χ3n) is 3.22. The number of likely N-dealkylation sites (N-methyl/N-ethyl adjacent to an activating group) is 1. The fourth-order valence-electron chi connectivity index (χ4n) is 1.60. The van der Waals surface area contributed by atoms with Crippen molar-refractivity contribution in [3.05, 3.63) is 29.3 Å². The van der Waals surface area contributed by atoms with Crippen molar-refractivity contribution in [3.63, 3.8) is 0 Å². The van der Waals surface area contributed by atoms with E-state index in [0.717, 1.165) is 0 Å². The largest absolute Gasteiger partial charge is 0.478 e. The van der Waals surface area contributed by atoms with Gasteiger partial charge in [-0.25, -0.2) is 4.79 Å². The highest BCUT2D eigenvalue weighted by molar-refractivity contribution is 5.95. The van der Waals surface area contributed by atoms with Gasteiger partial charge in [-0.1, -0.05) is 12.1 Å². The number of aliphatic hydroxyl groups excluding tert-OH is 1. The first-order valence-electron chi connectivity index (χ1n) is 5.72. The second-order valence-corrected chi connectivity index (χ2v) is 5.01. The number of carboxylic acid groups (broad SMARTS) is 1. The van der Waals surface area contributed by atoms with Crippen LogP contribution in [-0.4, -0.2) is 40.3 Å². The van der Waals surface area contributed by atoms with Gasteiger partial charge in [-0.15, -0.1) is 0 Å². The van der Waals surface area contributed by atoms with Gasteiger partial charge in [0.2, 0.25) is 0 Å². The lowest BCUT2D eigenvalue weighted by atomic mass is 10.0. The third kappa shape index (κ3) is 3.00. The van der Waals surface area contributed by atoms with Gasteiger partial charge in [0.1, 0.15) is 0 Å². The monoisotopic (exact) mass is 252 g/mol. The van der Waals surface area contributed by atoms with Crippen LogP contribution in [0.15, 0.2) is 18.2 Å². The van der Waals surface area contributed by atoms with E-state index in [0.29, 0.717) is 12.1 Å². The summed E-state index contributed by atoms with van der Waals surface area (Å²) in [5.74, 6) is -1.03. The van der Waals surface area contributed by atoms with Crippen molar-refractivity contribution < 1.29 is 15.0 Å². The zero-order chi connectivity index (χ0) is 13.9. The molecular formula is C13H20N2O3. The molecule has 1 aromatic carbocycles. The van der Waals surface area contributed by atoms with Crippen molar-refractivity contribution in [2.24, 2.45) is 0 Å². The summed E-state index contributed by atoms with van der Waals surface area (Å²) in [7, 11) is 1.84. The van der Waals surface area contributed by atoms with E-state index in [4.69, 9.17) is 5.73 Å². The summed E-state index contributed by atoms with van der Waals surface area (Å²) in [5, 5.41) is 18.5. The highest BCUT2D eigenvalue weighted by Gasteiger charge is 2.24. The van der Waals surface area contributed by atoms with Crippen LogP contribution in [0.4, 0.5) is 5.69 Å². The van der Waals surface area contributed by atoms with Crippen molar-refractivity contribution in [1.82, 2.24) is 4.90 Å². The van der Waals surface area contributed by atoms with Gasteiger partial charge in [0, 0.05) is 17.8 Å². The van der Waals surface area contributed by atoms with Crippen LogP contribution in [-0.2, 0) is 6.54 Å². The number of carbonyl (C=O) groups is 1. The van der Waals surface area contributed by atoms with E-state index < -0.39 is 11.5 Å². The highest BCUT2D eigenvalue weighted by Crippen LogP contribution is 2.21. The lowest BCUT2D eigenvalue weighted by molar-refractivity contribution is 0.0670. The average molecular weight is 252 g/mol. The molecule has 4 N–H and O–H groups in total. The first kappa shape index (κ1) is 14.5. The Morgan fingerprint density at radius 1 is 1.44 bits per heavy atom. The summed E-state index contributed by atoms with van der Waals surface area (Å²) < 4.78 is 0. The molecule has 0 saturated heterocycles. The topological polar surface area (TPSA) is 86.8 Å². The van der Waals surface area contributed by atoms with Crippen LogP contribution in [0.1, 0.15) is 29.8 Å². The number of anilines is 1. The summed E-state index contributed by atoms with van der Waals surface area (Å²) in [6.07, 6.45) is 0. The van der Waals surface area contributed by atoms with E-state index in [1.54, 1.807) is 18.2 Å². The number of hydrogen-bond acceptors (Lipinski definition) is 4. The van der Waals surface area contributed by atoms with Crippen LogP contribution in [0.3, 0.4) is 0 Å². The second kappa shape index (κ2) is 5.37. The molecule has 0 radical (unpaired) electrons.